The molecule has 1 saturated carbocycles. The number of aromatic nitrogens is 1. The minimum Gasteiger partial charge on any atom is -0.363 e. The fourth-order valence-electron chi connectivity index (χ4n) is 1.23. The summed E-state index contributed by atoms with van der Waals surface area (Å²) in [6, 6.07) is 0. The lowest BCUT2D eigenvalue weighted by atomic mass is 10.2. The highest BCUT2D eigenvalue weighted by atomic mass is 16.5. The number of nitrogens with zero attached hydrogens (tertiary/aromatic N) is 1. The molecule has 2 rings (SSSR count). The Labute approximate surface area is 76.3 Å². The molecule has 0 saturated heterocycles. The van der Waals surface area contributed by atoms with Gasteiger partial charge in [-0.3, -0.25) is 4.79 Å². The topological polar surface area (TPSA) is 55.1 Å². The van der Waals surface area contributed by atoms with E-state index in [1.54, 1.807) is 0 Å². The van der Waals surface area contributed by atoms with Gasteiger partial charge in [0.05, 0.1) is 6.20 Å². The SMILES string of the molecule is O=C(CCC1CC1)Nc1cnoc1. The lowest BCUT2D eigenvalue weighted by molar-refractivity contribution is -0.116. The van der Waals surface area contributed by atoms with Gasteiger partial charge in [-0.1, -0.05) is 18.0 Å². The Morgan fingerprint density at radius 1 is 1.69 bits per heavy atom. The van der Waals surface area contributed by atoms with E-state index in [9.17, 15) is 4.79 Å². The van der Waals surface area contributed by atoms with Crippen LogP contribution in [0.2, 0.25) is 0 Å². The minimum absolute atomic E-state index is 0.0510. The van der Waals surface area contributed by atoms with Crippen molar-refractivity contribution in [1.82, 2.24) is 5.16 Å². The molecule has 13 heavy (non-hydrogen) atoms. The van der Waals surface area contributed by atoms with E-state index in [1.807, 2.05) is 0 Å². The smallest absolute Gasteiger partial charge is 0.224 e. The van der Waals surface area contributed by atoms with Crippen LogP contribution in [0.15, 0.2) is 17.0 Å². The number of rotatable bonds is 4. The zero-order valence-electron chi connectivity index (χ0n) is 7.32. The van der Waals surface area contributed by atoms with Gasteiger partial charge in [0.1, 0.15) is 12.0 Å². The molecule has 1 heterocycles. The molecule has 0 atom stereocenters. The summed E-state index contributed by atoms with van der Waals surface area (Å²) < 4.78 is 4.59. The van der Waals surface area contributed by atoms with E-state index in [0.717, 1.165) is 12.3 Å². The number of amides is 1. The zero-order valence-corrected chi connectivity index (χ0v) is 7.32. The van der Waals surface area contributed by atoms with E-state index < -0.39 is 0 Å². The van der Waals surface area contributed by atoms with Crippen molar-refractivity contribution in [3.63, 3.8) is 0 Å². The first-order valence-electron chi connectivity index (χ1n) is 4.54. The molecule has 0 spiro atoms. The molecule has 1 N–H and O–H groups in total. The molecular formula is C9H12N2O2. The van der Waals surface area contributed by atoms with Crippen molar-refractivity contribution in [2.45, 2.75) is 25.7 Å². The van der Waals surface area contributed by atoms with Crippen LogP contribution in [-0.2, 0) is 4.79 Å². The fourth-order valence-corrected chi connectivity index (χ4v) is 1.23. The molecular weight excluding hydrogens is 168 g/mol. The lowest BCUT2D eigenvalue weighted by Gasteiger charge is -1.99. The molecule has 0 aromatic carbocycles. The minimum atomic E-state index is 0.0510. The number of anilines is 1. The number of hydrogen-bond donors (Lipinski definition) is 1. The molecule has 4 nitrogen and oxygen atoms in total. The van der Waals surface area contributed by atoms with Crippen LogP contribution in [0.5, 0.6) is 0 Å². The molecule has 70 valence electrons. The predicted molar refractivity (Wildman–Crippen MR) is 47.1 cm³/mol. The van der Waals surface area contributed by atoms with E-state index in [4.69, 9.17) is 0 Å². The van der Waals surface area contributed by atoms with Crippen LogP contribution in [0.3, 0.4) is 0 Å². The van der Waals surface area contributed by atoms with Gasteiger partial charge in [-0.2, -0.15) is 0 Å². The van der Waals surface area contributed by atoms with Gasteiger partial charge in [-0.15, -0.1) is 0 Å². The lowest BCUT2D eigenvalue weighted by Crippen LogP contribution is -2.10. The van der Waals surface area contributed by atoms with Crippen molar-refractivity contribution in [1.29, 1.82) is 0 Å². The largest absolute Gasteiger partial charge is 0.363 e. The van der Waals surface area contributed by atoms with Gasteiger partial charge in [-0.05, 0) is 12.3 Å². The van der Waals surface area contributed by atoms with Crippen LogP contribution in [-0.4, -0.2) is 11.1 Å². The van der Waals surface area contributed by atoms with E-state index in [-0.39, 0.29) is 5.91 Å². The van der Waals surface area contributed by atoms with Crippen molar-refractivity contribution in [2.24, 2.45) is 5.92 Å². The van der Waals surface area contributed by atoms with E-state index in [0.29, 0.717) is 12.1 Å². The standard InChI is InChI=1S/C9H12N2O2/c12-9(4-3-7-1-2-7)11-8-5-10-13-6-8/h5-7H,1-4H2,(H,11,12). The molecule has 0 unspecified atom stereocenters. The first kappa shape index (κ1) is 8.29. The van der Waals surface area contributed by atoms with Crippen LogP contribution in [0.1, 0.15) is 25.7 Å². The molecule has 1 aromatic rings. The van der Waals surface area contributed by atoms with Crippen LogP contribution in [0.4, 0.5) is 5.69 Å². The van der Waals surface area contributed by atoms with E-state index in [1.165, 1.54) is 25.3 Å². The Morgan fingerprint density at radius 2 is 2.54 bits per heavy atom. The maximum atomic E-state index is 11.3. The van der Waals surface area contributed by atoms with Gasteiger partial charge in [0.25, 0.3) is 0 Å². The second-order valence-electron chi connectivity index (χ2n) is 3.44. The van der Waals surface area contributed by atoms with Crippen molar-refractivity contribution in [2.75, 3.05) is 5.32 Å². The second-order valence-corrected chi connectivity index (χ2v) is 3.44. The highest BCUT2D eigenvalue weighted by molar-refractivity contribution is 5.90. The van der Waals surface area contributed by atoms with Crippen LogP contribution >= 0.6 is 0 Å². The van der Waals surface area contributed by atoms with Crippen molar-refractivity contribution in [3.8, 4) is 0 Å². The maximum Gasteiger partial charge on any atom is 0.224 e. The number of carbonyl (C=O) groups is 1. The molecule has 4 heteroatoms. The highest BCUT2D eigenvalue weighted by Crippen LogP contribution is 2.33. The number of carbonyl (C=O) groups excluding carboxylic acids is 1. The maximum absolute atomic E-state index is 11.3. The number of nitrogens with one attached hydrogen (secondary N) is 1. The average molecular weight is 180 g/mol. The Balaban J connectivity index is 1.71. The molecule has 1 fully saturated rings. The fraction of sp³-hybridized carbons (Fsp3) is 0.556. The summed E-state index contributed by atoms with van der Waals surface area (Å²) in [4.78, 5) is 11.3. The van der Waals surface area contributed by atoms with Gasteiger partial charge < -0.3 is 9.84 Å². The number of hydrogen-bond acceptors (Lipinski definition) is 3. The third-order valence-corrected chi connectivity index (χ3v) is 2.19. The van der Waals surface area contributed by atoms with E-state index in [2.05, 4.69) is 15.0 Å². The molecule has 0 radical (unpaired) electrons. The summed E-state index contributed by atoms with van der Waals surface area (Å²) in [5.41, 5.74) is 0.640. The molecule has 1 aromatic heterocycles. The van der Waals surface area contributed by atoms with Gasteiger partial charge in [0, 0.05) is 6.42 Å². The first-order valence-corrected chi connectivity index (χ1v) is 4.54. The van der Waals surface area contributed by atoms with Crippen molar-refractivity contribution >= 4 is 11.6 Å². The third kappa shape index (κ3) is 2.57. The van der Waals surface area contributed by atoms with Crippen molar-refractivity contribution in [3.05, 3.63) is 12.5 Å². The zero-order chi connectivity index (χ0) is 9.10. The molecule has 0 aliphatic heterocycles. The van der Waals surface area contributed by atoms with E-state index >= 15 is 0 Å². The van der Waals surface area contributed by atoms with Crippen molar-refractivity contribution < 1.29 is 9.32 Å². The van der Waals surface area contributed by atoms with Gasteiger partial charge in [-0.25, -0.2) is 0 Å². The molecule has 1 aliphatic carbocycles. The second kappa shape index (κ2) is 3.60. The summed E-state index contributed by atoms with van der Waals surface area (Å²) in [6.07, 6.45) is 7.12. The van der Waals surface area contributed by atoms with Crippen LogP contribution in [0.25, 0.3) is 0 Å². The first-order chi connectivity index (χ1) is 6.34. The normalized spacial score (nSPS) is 15.7. The van der Waals surface area contributed by atoms with Gasteiger partial charge in [0.15, 0.2) is 0 Å². The monoisotopic (exact) mass is 180 g/mol. The molecule has 1 amide bonds. The Kier molecular flexibility index (Phi) is 2.29. The summed E-state index contributed by atoms with van der Waals surface area (Å²) in [5, 5.41) is 6.20. The van der Waals surface area contributed by atoms with Crippen LogP contribution in [0, 0.1) is 5.92 Å². The summed E-state index contributed by atoms with van der Waals surface area (Å²) in [7, 11) is 0. The Bertz CT molecular complexity index is 278. The van der Waals surface area contributed by atoms with Gasteiger partial charge >= 0.3 is 0 Å². The predicted octanol–water partition coefficient (Wildman–Crippen LogP) is 1.80. The summed E-state index contributed by atoms with van der Waals surface area (Å²) in [5.74, 6) is 0.850. The van der Waals surface area contributed by atoms with Crippen LogP contribution < -0.4 is 5.32 Å². The Hall–Kier alpha value is -1.32. The average Bonchev–Trinajstić information content (AvgIpc) is 2.82. The van der Waals surface area contributed by atoms with Gasteiger partial charge in [0.2, 0.25) is 5.91 Å². The molecule has 0 bridgehead atoms. The highest BCUT2D eigenvalue weighted by Gasteiger charge is 2.21. The Morgan fingerprint density at radius 3 is 3.15 bits per heavy atom. The summed E-state index contributed by atoms with van der Waals surface area (Å²) in [6.45, 7) is 0. The molecule has 1 aliphatic rings. The summed E-state index contributed by atoms with van der Waals surface area (Å²) >= 11 is 0. The third-order valence-electron chi connectivity index (χ3n) is 2.19. The quantitative estimate of drug-likeness (QED) is 0.768.